The van der Waals surface area contributed by atoms with Crippen LogP contribution in [0.15, 0.2) is 18.3 Å². The summed E-state index contributed by atoms with van der Waals surface area (Å²) in [5.41, 5.74) is 0. The van der Waals surface area contributed by atoms with Crippen molar-refractivity contribution in [3.05, 3.63) is 18.3 Å². The predicted molar refractivity (Wildman–Crippen MR) is 48.3 cm³/mol. The van der Waals surface area contributed by atoms with Crippen LogP contribution >= 0.6 is 0 Å². The Morgan fingerprint density at radius 3 is 2.60 bits per heavy atom. The number of rotatable bonds is 4. The van der Waals surface area contributed by atoms with Crippen molar-refractivity contribution in [1.29, 1.82) is 0 Å². The van der Waals surface area contributed by atoms with Crippen molar-refractivity contribution in [2.45, 2.75) is 26.2 Å². The second-order valence-electron chi connectivity index (χ2n) is 2.81. The third-order valence-electron chi connectivity index (χ3n) is 1.29. The summed E-state index contributed by atoms with van der Waals surface area (Å²) in [6.45, 7) is 2.23. The minimum absolute atomic E-state index is 1.25. The van der Waals surface area contributed by atoms with Crippen molar-refractivity contribution in [1.82, 2.24) is 0 Å². The quantitative estimate of drug-likeness (QED) is 0.329. The molecule has 0 bridgehead atoms. The van der Waals surface area contributed by atoms with Gasteiger partial charge in [0.2, 0.25) is 0 Å². The van der Waals surface area contributed by atoms with Gasteiger partial charge in [0.15, 0.2) is 0 Å². The Labute approximate surface area is 99.0 Å². The summed E-state index contributed by atoms with van der Waals surface area (Å²) in [5.74, 6) is 0. The molecular formula is C8H12Na2. The fraction of sp³-hybridized carbons (Fsp3) is 0.500. The van der Waals surface area contributed by atoms with Gasteiger partial charge in [0.25, 0.3) is 0 Å². The van der Waals surface area contributed by atoms with E-state index in [-0.39, 0.29) is 0 Å². The molecule has 0 rings (SSSR count). The summed E-state index contributed by atoms with van der Waals surface area (Å²) in [4.78, 5) is 0. The van der Waals surface area contributed by atoms with Crippen molar-refractivity contribution in [3.8, 4) is 0 Å². The molecule has 2 heteroatoms. The molecule has 0 nitrogen and oxygen atoms in total. The van der Waals surface area contributed by atoms with Crippen LogP contribution in [0.5, 0.6) is 0 Å². The normalized spacial score (nSPS) is 10.5. The van der Waals surface area contributed by atoms with Gasteiger partial charge in [-0.05, 0) is 0 Å². The summed E-state index contributed by atoms with van der Waals surface area (Å²) < 4.78 is 1.65. The van der Waals surface area contributed by atoms with Crippen molar-refractivity contribution in [3.63, 3.8) is 0 Å². The Bertz CT molecular complexity index is 121. The Balaban J connectivity index is 3.29. The molecule has 0 aliphatic carbocycles. The third kappa shape index (κ3) is 9.48. The van der Waals surface area contributed by atoms with Gasteiger partial charge < -0.3 is 0 Å². The Hall–Kier alpha value is 1.48. The molecule has 0 aliphatic rings. The van der Waals surface area contributed by atoms with Gasteiger partial charge in [-0.1, -0.05) is 0 Å². The van der Waals surface area contributed by atoms with Crippen LogP contribution < -0.4 is 0 Å². The number of unbranched alkanes of at least 4 members (excludes halogenated alkanes) is 2. The SMILES string of the molecule is CCCCC=CC=[C]([Na])[Na]. The molecule has 0 aromatic rings. The van der Waals surface area contributed by atoms with Crippen LogP contribution in [0.2, 0.25) is 0 Å². The maximum absolute atomic E-state index is 2.28. The first-order valence-electron chi connectivity index (χ1n) is 4.07. The van der Waals surface area contributed by atoms with E-state index in [1.165, 1.54) is 75.1 Å². The molecule has 0 aliphatic heterocycles. The molecular weight excluding hydrogens is 142 g/mol. The van der Waals surface area contributed by atoms with Gasteiger partial charge in [0.05, 0.1) is 0 Å². The zero-order valence-electron chi connectivity index (χ0n) is 7.35. The molecule has 0 spiro atoms. The minimum atomic E-state index is 1.25. The Morgan fingerprint density at radius 1 is 1.40 bits per heavy atom. The maximum atomic E-state index is 2.28. The second-order valence-corrected chi connectivity index (χ2v) is 7.97. The summed E-state index contributed by atoms with van der Waals surface area (Å²) in [7, 11) is 0. The number of allylic oxidation sites excluding steroid dienone is 3. The average Bonchev–Trinajstić information content (AvgIpc) is 1.87. The zero-order valence-corrected chi connectivity index (χ0v) is 11.4. The number of hydrogen-bond acceptors (Lipinski definition) is 0. The molecule has 0 aromatic heterocycles. The zero-order chi connectivity index (χ0) is 7.82. The van der Waals surface area contributed by atoms with Crippen LogP contribution in [-0.2, 0) is 0 Å². The molecule has 0 aromatic carbocycles. The van der Waals surface area contributed by atoms with Crippen molar-refractivity contribution < 1.29 is 0 Å². The summed E-state index contributed by atoms with van der Waals surface area (Å²) in [6, 6.07) is 0. The van der Waals surface area contributed by atoms with E-state index >= 15 is 0 Å². The first kappa shape index (κ1) is 11.5. The fourth-order valence-corrected chi connectivity index (χ4v) is 1.06. The van der Waals surface area contributed by atoms with E-state index in [1.807, 2.05) is 0 Å². The first-order valence-corrected chi connectivity index (χ1v) is 6.07. The van der Waals surface area contributed by atoms with E-state index in [9.17, 15) is 0 Å². The number of hydrogen-bond donors (Lipinski definition) is 0. The van der Waals surface area contributed by atoms with Crippen LogP contribution in [0.25, 0.3) is 0 Å². The van der Waals surface area contributed by atoms with Crippen LogP contribution in [0.4, 0.5) is 0 Å². The Kier molecular flexibility index (Phi) is 9.84. The topological polar surface area (TPSA) is 0 Å². The van der Waals surface area contributed by atoms with E-state index in [1.54, 1.807) is 0.0721 Å². The van der Waals surface area contributed by atoms with Gasteiger partial charge in [0.1, 0.15) is 0 Å². The van der Waals surface area contributed by atoms with Crippen molar-refractivity contribution >= 4 is 55.9 Å². The monoisotopic (exact) mass is 154 g/mol. The molecule has 0 fully saturated rings. The molecule has 0 unspecified atom stereocenters. The molecule has 0 N–H and O–H groups in total. The average molecular weight is 154 g/mol. The van der Waals surface area contributed by atoms with Gasteiger partial charge in [-0.25, -0.2) is 0 Å². The van der Waals surface area contributed by atoms with E-state index in [0.29, 0.717) is 0 Å². The summed E-state index contributed by atoms with van der Waals surface area (Å²) >= 11 is 2.52. The van der Waals surface area contributed by atoms with E-state index in [2.05, 4.69) is 25.2 Å². The van der Waals surface area contributed by atoms with E-state index in [0.717, 1.165) is 0 Å². The standard InChI is InChI=1S/C8H12.2Na/c1-3-5-7-8-6-4-2;;/h4,6,8H,3,5,7H2,1H3;;. The van der Waals surface area contributed by atoms with Gasteiger partial charge in [-0.2, -0.15) is 0 Å². The molecule has 0 amide bonds. The molecule has 0 saturated carbocycles. The first-order chi connectivity index (χ1) is 4.77. The fourth-order valence-electron chi connectivity index (χ4n) is 0.679. The van der Waals surface area contributed by atoms with Gasteiger partial charge >= 0.3 is 100 Å². The van der Waals surface area contributed by atoms with E-state index in [4.69, 9.17) is 0 Å². The van der Waals surface area contributed by atoms with Crippen LogP contribution in [0.3, 0.4) is 0 Å². The molecule has 10 heavy (non-hydrogen) atoms. The summed E-state index contributed by atoms with van der Waals surface area (Å²) in [6.07, 6.45) is 10.7. The molecule has 0 radical (unpaired) electrons. The van der Waals surface area contributed by atoms with Crippen molar-refractivity contribution in [2.75, 3.05) is 0 Å². The predicted octanol–water partition coefficient (Wildman–Crippen LogP) is 1.91. The van der Waals surface area contributed by atoms with Crippen molar-refractivity contribution in [2.24, 2.45) is 0 Å². The van der Waals surface area contributed by atoms with Gasteiger partial charge in [-0.15, -0.1) is 0 Å². The molecule has 0 atom stereocenters. The van der Waals surface area contributed by atoms with Crippen LogP contribution in [0, 0.1) is 0 Å². The van der Waals surface area contributed by atoms with Crippen LogP contribution in [-0.4, -0.2) is 55.9 Å². The van der Waals surface area contributed by atoms with Crippen LogP contribution in [0.1, 0.15) is 26.2 Å². The summed E-state index contributed by atoms with van der Waals surface area (Å²) in [5, 5.41) is 0. The van der Waals surface area contributed by atoms with Gasteiger partial charge in [-0.3, -0.25) is 0 Å². The third-order valence-corrected chi connectivity index (χ3v) is 1.96. The second kappa shape index (κ2) is 8.58. The molecule has 46 valence electrons. The van der Waals surface area contributed by atoms with E-state index < -0.39 is 0 Å². The molecule has 0 saturated heterocycles. The van der Waals surface area contributed by atoms with Gasteiger partial charge in [0, 0.05) is 0 Å². The molecule has 0 heterocycles. The Morgan fingerprint density at radius 2 is 2.10 bits per heavy atom.